The van der Waals surface area contributed by atoms with Gasteiger partial charge in [0.15, 0.2) is 5.58 Å². The summed E-state index contributed by atoms with van der Waals surface area (Å²) in [4.78, 5) is 24.0. The molecular formula is C20H27ClN4O2. The number of piperidine rings is 2. The Morgan fingerprint density at radius 1 is 1.19 bits per heavy atom. The van der Waals surface area contributed by atoms with Crippen molar-refractivity contribution < 1.29 is 9.21 Å². The number of aromatic nitrogens is 1. The number of hydrogen-bond donors (Lipinski definition) is 0. The van der Waals surface area contributed by atoms with Crippen molar-refractivity contribution in [3.05, 3.63) is 23.2 Å². The summed E-state index contributed by atoms with van der Waals surface area (Å²) in [5, 5.41) is 0.645. The summed E-state index contributed by atoms with van der Waals surface area (Å²) in [6.07, 6.45) is 3.83. The van der Waals surface area contributed by atoms with Crippen molar-refractivity contribution in [2.45, 2.75) is 31.7 Å². The maximum atomic E-state index is 12.9. The van der Waals surface area contributed by atoms with Crippen molar-refractivity contribution in [1.29, 1.82) is 0 Å². The third-order valence-electron chi connectivity index (χ3n) is 6.04. The van der Waals surface area contributed by atoms with Crippen molar-refractivity contribution in [2.75, 3.05) is 45.2 Å². The largest absolute Gasteiger partial charge is 0.423 e. The smallest absolute Gasteiger partial charge is 0.298 e. The van der Waals surface area contributed by atoms with Gasteiger partial charge in [-0.1, -0.05) is 11.6 Å². The minimum absolute atomic E-state index is 0.102. The second-order valence-corrected chi connectivity index (χ2v) is 8.29. The Balaban J connectivity index is 1.35. The van der Waals surface area contributed by atoms with Crippen LogP contribution in [0.15, 0.2) is 22.6 Å². The molecule has 0 bridgehead atoms. The summed E-state index contributed by atoms with van der Waals surface area (Å²) in [7, 11) is 4.13. The van der Waals surface area contributed by atoms with E-state index in [0.717, 1.165) is 57.4 Å². The molecule has 0 aliphatic carbocycles. The van der Waals surface area contributed by atoms with Gasteiger partial charge in [0, 0.05) is 43.2 Å². The molecule has 1 aromatic carbocycles. The molecule has 146 valence electrons. The van der Waals surface area contributed by atoms with Gasteiger partial charge in [0.25, 0.3) is 6.01 Å². The molecule has 2 aliphatic rings. The summed E-state index contributed by atoms with van der Waals surface area (Å²) >= 11 is 6.02. The highest BCUT2D eigenvalue weighted by molar-refractivity contribution is 6.31. The summed E-state index contributed by atoms with van der Waals surface area (Å²) in [6, 6.07) is 6.49. The number of benzene rings is 1. The number of halogens is 1. The normalized spacial score (nSPS) is 20.3. The zero-order valence-electron chi connectivity index (χ0n) is 16.0. The molecule has 0 N–H and O–H groups in total. The lowest BCUT2D eigenvalue weighted by Gasteiger charge is -2.38. The Bertz CT molecular complexity index is 807. The van der Waals surface area contributed by atoms with Gasteiger partial charge in [-0.15, -0.1) is 0 Å². The van der Waals surface area contributed by atoms with Crippen molar-refractivity contribution in [3.63, 3.8) is 0 Å². The molecule has 0 radical (unpaired) electrons. The molecular weight excluding hydrogens is 364 g/mol. The number of anilines is 1. The van der Waals surface area contributed by atoms with Crippen molar-refractivity contribution in [1.82, 2.24) is 14.8 Å². The number of hydrogen-bond acceptors (Lipinski definition) is 5. The van der Waals surface area contributed by atoms with E-state index in [1.54, 1.807) is 6.07 Å². The molecule has 4 rings (SSSR count). The van der Waals surface area contributed by atoms with Crippen LogP contribution >= 0.6 is 11.6 Å². The number of fused-ring (bicyclic) bond motifs is 1. The van der Waals surface area contributed by atoms with E-state index in [-0.39, 0.29) is 5.92 Å². The lowest BCUT2D eigenvalue weighted by Crippen LogP contribution is -2.48. The maximum Gasteiger partial charge on any atom is 0.298 e. The predicted octanol–water partition coefficient (Wildman–Crippen LogP) is 3.25. The first-order valence-electron chi connectivity index (χ1n) is 9.77. The summed E-state index contributed by atoms with van der Waals surface area (Å²) in [6.45, 7) is 3.72. The lowest BCUT2D eigenvalue weighted by atomic mass is 9.94. The van der Waals surface area contributed by atoms with Gasteiger partial charge in [0.2, 0.25) is 5.91 Å². The molecule has 2 saturated heterocycles. The number of carbonyl (C=O) groups excluding carboxylic acids is 1. The minimum Gasteiger partial charge on any atom is -0.423 e. The SMILES string of the molecule is CN1CCC(N(C)C(=O)C2CCN(c3nc4ccc(Cl)cc4o3)CC2)CC1. The number of likely N-dealkylation sites (tertiary alicyclic amines) is 1. The fourth-order valence-electron chi connectivity index (χ4n) is 4.19. The molecule has 0 unspecified atom stereocenters. The molecule has 27 heavy (non-hydrogen) atoms. The third kappa shape index (κ3) is 3.92. The van der Waals surface area contributed by atoms with Gasteiger partial charge in [0.1, 0.15) is 5.52 Å². The van der Waals surface area contributed by atoms with Crippen molar-refractivity contribution in [3.8, 4) is 0 Å². The molecule has 0 saturated carbocycles. The highest BCUT2D eigenvalue weighted by Gasteiger charge is 2.32. The minimum atomic E-state index is 0.102. The van der Waals surface area contributed by atoms with Gasteiger partial charge < -0.3 is 19.1 Å². The quantitative estimate of drug-likeness (QED) is 0.805. The highest BCUT2D eigenvalue weighted by atomic mass is 35.5. The van der Waals surface area contributed by atoms with E-state index in [1.807, 2.05) is 24.1 Å². The fourth-order valence-corrected chi connectivity index (χ4v) is 4.35. The van der Waals surface area contributed by atoms with Crippen LogP contribution in [-0.4, -0.2) is 67.0 Å². The van der Waals surface area contributed by atoms with E-state index < -0.39 is 0 Å². The van der Waals surface area contributed by atoms with E-state index in [4.69, 9.17) is 16.0 Å². The van der Waals surface area contributed by atoms with Gasteiger partial charge in [-0.3, -0.25) is 4.79 Å². The van der Waals surface area contributed by atoms with Crippen LogP contribution in [0.1, 0.15) is 25.7 Å². The number of carbonyl (C=O) groups is 1. The van der Waals surface area contributed by atoms with Crippen LogP contribution in [0.2, 0.25) is 5.02 Å². The molecule has 2 fully saturated rings. The van der Waals surface area contributed by atoms with Gasteiger partial charge in [-0.2, -0.15) is 4.98 Å². The first kappa shape index (κ1) is 18.6. The molecule has 1 aromatic heterocycles. The molecule has 1 amide bonds. The van der Waals surface area contributed by atoms with Gasteiger partial charge in [-0.25, -0.2) is 0 Å². The van der Waals surface area contributed by atoms with E-state index in [9.17, 15) is 4.79 Å². The van der Waals surface area contributed by atoms with E-state index in [0.29, 0.717) is 28.6 Å². The van der Waals surface area contributed by atoms with Crippen LogP contribution in [0.3, 0.4) is 0 Å². The third-order valence-corrected chi connectivity index (χ3v) is 6.27. The van der Waals surface area contributed by atoms with Crippen LogP contribution < -0.4 is 4.90 Å². The Labute approximate surface area is 165 Å². The molecule has 0 spiro atoms. The van der Waals surface area contributed by atoms with Crippen LogP contribution in [0.4, 0.5) is 6.01 Å². The Morgan fingerprint density at radius 2 is 1.89 bits per heavy atom. The number of rotatable bonds is 3. The molecule has 3 heterocycles. The van der Waals surface area contributed by atoms with Crippen LogP contribution in [0.25, 0.3) is 11.1 Å². The Morgan fingerprint density at radius 3 is 2.59 bits per heavy atom. The predicted molar refractivity (Wildman–Crippen MR) is 107 cm³/mol. The van der Waals surface area contributed by atoms with Gasteiger partial charge >= 0.3 is 0 Å². The Hall–Kier alpha value is -1.79. The van der Waals surface area contributed by atoms with E-state index in [1.165, 1.54) is 0 Å². The van der Waals surface area contributed by atoms with E-state index in [2.05, 4.69) is 21.8 Å². The molecule has 0 atom stereocenters. The highest BCUT2D eigenvalue weighted by Crippen LogP contribution is 2.29. The molecule has 2 aromatic rings. The maximum absolute atomic E-state index is 12.9. The topological polar surface area (TPSA) is 52.8 Å². The fraction of sp³-hybridized carbons (Fsp3) is 0.600. The van der Waals surface area contributed by atoms with Crippen molar-refractivity contribution in [2.24, 2.45) is 5.92 Å². The van der Waals surface area contributed by atoms with Crippen LogP contribution in [0, 0.1) is 5.92 Å². The zero-order chi connectivity index (χ0) is 19.0. The first-order chi connectivity index (χ1) is 13.0. The second kappa shape index (κ2) is 7.68. The van der Waals surface area contributed by atoms with Gasteiger partial charge in [0.05, 0.1) is 0 Å². The van der Waals surface area contributed by atoms with E-state index >= 15 is 0 Å². The summed E-state index contributed by atoms with van der Waals surface area (Å²) < 4.78 is 5.87. The number of oxazole rings is 1. The standard InChI is InChI=1S/C20H27ClN4O2/c1-23-9-7-16(8-10-23)24(2)19(26)14-5-11-25(12-6-14)20-22-17-4-3-15(21)13-18(17)27-20/h3-4,13-14,16H,5-12H2,1-2H3. The summed E-state index contributed by atoms with van der Waals surface area (Å²) in [5.41, 5.74) is 1.52. The van der Waals surface area contributed by atoms with Gasteiger partial charge in [-0.05, 0) is 58.0 Å². The molecule has 7 heteroatoms. The average Bonchev–Trinajstić information content (AvgIpc) is 3.11. The number of amides is 1. The lowest BCUT2D eigenvalue weighted by molar-refractivity contribution is -0.137. The summed E-state index contributed by atoms with van der Waals surface area (Å²) in [5.74, 6) is 0.401. The Kier molecular flexibility index (Phi) is 5.28. The van der Waals surface area contributed by atoms with Crippen LogP contribution in [-0.2, 0) is 4.79 Å². The zero-order valence-corrected chi connectivity index (χ0v) is 16.8. The molecule has 6 nitrogen and oxygen atoms in total. The van der Waals surface area contributed by atoms with Crippen LogP contribution in [0.5, 0.6) is 0 Å². The molecule has 2 aliphatic heterocycles. The van der Waals surface area contributed by atoms with Crippen molar-refractivity contribution >= 4 is 34.6 Å². The second-order valence-electron chi connectivity index (χ2n) is 7.85. The average molecular weight is 391 g/mol. The first-order valence-corrected chi connectivity index (χ1v) is 10.2. The number of nitrogens with zero attached hydrogens (tertiary/aromatic N) is 4. The monoisotopic (exact) mass is 390 g/mol.